The predicted molar refractivity (Wildman–Crippen MR) is 88.8 cm³/mol. The van der Waals surface area contributed by atoms with Crippen molar-refractivity contribution in [3.63, 3.8) is 0 Å². The number of benzene rings is 2. The lowest BCUT2D eigenvalue weighted by Gasteiger charge is -2.12. The Bertz CT molecular complexity index is 702. The van der Waals surface area contributed by atoms with Crippen molar-refractivity contribution >= 4 is 34.7 Å². The number of halogens is 1. The number of anilines is 2. The molecule has 114 valence electrons. The summed E-state index contributed by atoms with van der Waals surface area (Å²) in [5.74, 6) is -0.779. The Labute approximate surface area is 133 Å². The largest absolute Gasteiger partial charge is 0.465 e. The molecule has 0 radical (unpaired) electrons. The number of nitrogens with one attached hydrogen (secondary N) is 2. The number of thiocarbonyl (C=S) groups is 1. The lowest BCUT2D eigenvalue weighted by molar-refractivity contribution is 0.0601. The lowest BCUT2D eigenvalue weighted by Crippen LogP contribution is -2.19. The molecular formula is C16H15FN2O2S. The van der Waals surface area contributed by atoms with Crippen molar-refractivity contribution in [2.75, 3.05) is 17.7 Å². The zero-order chi connectivity index (χ0) is 16.1. The first-order valence-electron chi connectivity index (χ1n) is 6.52. The Morgan fingerprint density at radius 1 is 1.14 bits per heavy atom. The summed E-state index contributed by atoms with van der Waals surface area (Å²) in [5, 5.41) is 5.96. The quantitative estimate of drug-likeness (QED) is 0.667. The highest BCUT2D eigenvalue weighted by molar-refractivity contribution is 7.80. The molecule has 0 bridgehead atoms. The van der Waals surface area contributed by atoms with E-state index < -0.39 is 5.97 Å². The van der Waals surface area contributed by atoms with Gasteiger partial charge in [0, 0.05) is 5.69 Å². The minimum Gasteiger partial charge on any atom is -0.465 e. The van der Waals surface area contributed by atoms with Gasteiger partial charge >= 0.3 is 5.97 Å². The molecule has 0 amide bonds. The van der Waals surface area contributed by atoms with Crippen LogP contribution < -0.4 is 10.6 Å². The number of rotatable bonds is 3. The fraction of sp³-hybridized carbons (Fsp3) is 0.125. The third kappa shape index (κ3) is 4.02. The maximum Gasteiger partial charge on any atom is 0.337 e. The highest BCUT2D eigenvalue weighted by Gasteiger charge is 2.07. The smallest absolute Gasteiger partial charge is 0.337 e. The molecule has 2 aromatic carbocycles. The van der Waals surface area contributed by atoms with Crippen LogP contribution in [0.1, 0.15) is 15.9 Å². The summed E-state index contributed by atoms with van der Waals surface area (Å²) in [7, 11) is 1.32. The molecule has 0 saturated heterocycles. The van der Waals surface area contributed by atoms with Crippen LogP contribution >= 0.6 is 12.2 Å². The Balaban J connectivity index is 2.01. The molecule has 0 saturated carbocycles. The topological polar surface area (TPSA) is 50.4 Å². The van der Waals surface area contributed by atoms with Gasteiger partial charge in [0.25, 0.3) is 0 Å². The maximum absolute atomic E-state index is 13.7. The van der Waals surface area contributed by atoms with Crippen LogP contribution in [0.5, 0.6) is 0 Å². The fourth-order valence-electron chi connectivity index (χ4n) is 1.81. The molecule has 0 aliphatic rings. The number of carbonyl (C=O) groups excluding carboxylic acids is 1. The summed E-state index contributed by atoms with van der Waals surface area (Å²) in [6, 6.07) is 11.4. The number of ether oxygens (including phenoxy) is 1. The molecule has 0 aliphatic carbocycles. The van der Waals surface area contributed by atoms with Crippen molar-refractivity contribution in [1.29, 1.82) is 0 Å². The molecule has 0 heterocycles. The molecule has 2 rings (SSSR count). The number of carbonyl (C=O) groups is 1. The maximum atomic E-state index is 13.7. The van der Waals surface area contributed by atoms with Crippen molar-refractivity contribution in [3.05, 3.63) is 59.4 Å². The Hall–Kier alpha value is -2.47. The van der Waals surface area contributed by atoms with Gasteiger partial charge in [-0.05, 0) is 61.1 Å². The number of aryl methyl sites for hydroxylation is 1. The molecule has 0 atom stereocenters. The van der Waals surface area contributed by atoms with Crippen LogP contribution in [-0.4, -0.2) is 18.2 Å². The van der Waals surface area contributed by atoms with Gasteiger partial charge in [0.05, 0.1) is 18.4 Å². The molecular weight excluding hydrogens is 303 g/mol. The van der Waals surface area contributed by atoms with Gasteiger partial charge in [-0.25, -0.2) is 9.18 Å². The first kappa shape index (κ1) is 15.9. The van der Waals surface area contributed by atoms with Crippen LogP contribution in [0.4, 0.5) is 15.8 Å². The number of methoxy groups -OCH3 is 1. The minimum absolute atomic E-state index is 0.258. The molecule has 0 unspecified atom stereocenters. The summed E-state index contributed by atoms with van der Waals surface area (Å²) < 4.78 is 18.3. The number of hydrogen-bond acceptors (Lipinski definition) is 3. The normalized spacial score (nSPS) is 9.95. The average molecular weight is 318 g/mol. The van der Waals surface area contributed by atoms with Crippen LogP contribution in [-0.2, 0) is 4.74 Å². The van der Waals surface area contributed by atoms with E-state index in [1.807, 2.05) is 6.92 Å². The van der Waals surface area contributed by atoms with E-state index in [1.54, 1.807) is 36.4 Å². The number of esters is 1. The highest BCUT2D eigenvalue weighted by atomic mass is 32.1. The summed E-state index contributed by atoms with van der Waals surface area (Å²) in [6.45, 7) is 1.81. The van der Waals surface area contributed by atoms with E-state index in [-0.39, 0.29) is 10.9 Å². The average Bonchev–Trinajstić information content (AvgIpc) is 2.50. The van der Waals surface area contributed by atoms with Crippen LogP contribution in [0.25, 0.3) is 0 Å². The van der Waals surface area contributed by atoms with Gasteiger partial charge in [0.2, 0.25) is 0 Å². The standard InChI is InChI=1S/C16H15FN2O2S/c1-10-3-8-14(13(17)9-10)19-16(22)18-12-6-4-11(5-7-12)15(20)21-2/h3-9H,1-2H3,(H2,18,19,22). The van der Waals surface area contributed by atoms with Crippen LogP contribution in [0.2, 0.25) is 0 Å². The minimum atomic E-state index is -0.408. The second-order valence-electron chi connectivity index (χ2n) is 4.63. The van der Waals surface area contributed by atoms with Crippen LogP contribution in [0.3, 0.4) is 0 Å². The number of hydrogen-bond donors (Lipinski definition) is 2. The van der Waals surface area contributed by atoms with E-state index in [2.05, 4.69) is 15.4 Å². The first-order valence-corrected chi connectivity index (χ1v) is 6.93. The monoisotopic (exact) mass is 318 g/mol. The van der Waals surface area contributed by atoms with Gasteiger partial charge in [-0.2, -0.15) is 0 Å². The lowest BCUT2D eigenvalue weighted by atomic mass is 10.2. The second-order valence-corrected chi connectivity index (χ2v) is 5.04. The highest BCUT2D eigenvalue weighted by Crippen LogP contribution is 2.16. The van der Waals surface area contributed by atoms with Crippen molar-refractivity contribution in [2.24, 2.45) is 0 Å². The van der Waals surface area contributed by atoms with Gasteiger partial charge < -0.3 is 15.4 Å². The van der Waals surface area contributed by atoms with Crippen molar-refractivity contribution in [1.82, 2.24) is 0 Å². The van der Waals surface area contributed by atoms with Gasteiger partial charge in [0.15, 0.2) is 5.11 Å². The second kappa shape index (κ2) is 7.00. The molecule has 0 aliphatic heterocycles. The predicted octanol–water partition coefficient (Wildman–Crippen LogP) is 3.73. The van der Waals surface area contributed by atoms with Gasteiger partial charge in [-0.15, -0.1) is 0 Å². The molecule has 0 aromatic heterocycles. The zero-order valence-electron chi connectivity index (χ0n) is 12.1. The molecule has 0 fully saturated rings. The molecule has 0 spiro atoms. The van der Waals surface area contributed by atoms with E-state index in [0.717, 1.165) is 5.56 Å². The van der Waals surface area contributed by atoms with Crippen molar-refractivity contribution in [3.8, 4) is 0 Å². The van der Waals surface area contributed by atoms with Crippen LogP contribution in [0.15, 0.2) is 42.5 Å². The first-order chi connectivity index (χ1) is 10.5. The molecule has 4 nitrogen and oxygen atoms in total. The molecule has 22 heavy (non-hydrogen) atoms. The summed E-state index contributed by atoms with van der Waals surface area (Å²) >= 11 is 5.14. The van der Waals surface area contributed by atoms with E-state index in [9.17, 15) is 9.18 Å². The molecule has 2 aromatic rings. The fourth-order valence-corrected chi connectivity index (χ4v) is 2.04. The third-order valence-electron chi connectivity index (χ3n) is 2.94. The van der Waals surface area contributed by atoms with Crippen LogP contribution in [0, 0.1) is 12.7 Å². The summed E-state index contributed by atoms with van der Waals surface area (Å²) in [5.41, 5.74) is 2.25. The Morgan fingerprint density at radius 2 is 1.82 bits per heavy atom. The van der Waals surface area contributed by atoms with Crippen molar-refractivity contribution < 1.29 is 13.9 Å². The van der Waals surface area contributed by atoms with Gasteiger partial charge in [0.1, 0.15) is 5.82 Å². The van der Waals surface area contributed by atoms with Gasteiger partial charge in [-0.1, -0.05) is 6.07 Å². The van der Waals surface area contributed by atoms with Gasteiger partial charge in [-0.3, -0.25) is 0 Å². The molecule has 2 N–H and O–H groups in total. The Kier molecular flexibility index (Phi) is 5.06. The summed E-state index contributed by atoms with van der Waals surface area (Å²) in [4.78, 5) is 11.3. The van der Waals surface area contributed by atoms with Crippen molar-refractivity contribution in [2.45, 2.75) is 6.92 Å². The van der Waals surface area contributed by atoms with E-state index in [0.29, 0.717) is 16.9 Å². The SMILES string of the molecule is COC(=O)c1ccc(NC(=S)Nc2ccc(C)cc2F)cc1. The van der Waals surface area contributed by atoms with E-state index in [4.69, 9.17) is 12.2 Å². The zero-order valence-corrected chi connectivity index (χ0v) is 13.0. The van der Waals surface area contributed by atoms with E-state index in [1.165, 1.54) is 13.2 Å². The Morgan fingerprint density at radius 3 is 2.41 bits per heavy atom. The molecule has 6 heteroatoms. The van der Waals surface area contributed by atoms with E-state index >= 15 is 0 Å². The third-order valence-corrected chi connectivity index (χ3v) is 3.14. The summed E-state index contributed by atoms with van der Waals surface area (Å²) in [6.07, 6.45) is 0.